The first-order valence-corrected chi connectivity index (χ1v) is 4.26. The molecule has 0 aliphatic carbocycles. The number of ether oxygens (including phenoxy) is 1. The molecule has 1 fully saturated rings. The number of rotatable bonds is 3. The summed E-state index contributed by atoms with van der Waals surface area (Å²) in [6.45, 7) is 4.42. The molecule has 0 saturated carbocycles. The molecular formula is C8H15NO2. The lowest BCUT2D eigenvalue weighted by Gasteiger charge is -2.29. The fourth-order valence-electron chi connectivity index (χ4n) is 0.894. The Bertz CT molecular complexity index is 132. The monoisotopic (exact) mass is 157 g/mol. The molecule has 1 saturated heterocycles. The van der Waals surface area contributed by atoms with Gasteiger partial charge in [-0.2, -0.15) is 0 Å². The molecule has 3 heteroatoms. The summed E-state index contributed by atoms with van der Waals surface area (Å²) < 4.78 is 4.97. The third kappa shape index (κ3) is 2.41. The smallest absolute Gasteiger partial charge is 0.409 e. The van der Waals surface area contributed by atoms with Crippen molar-refractivity contribution >= 4 is 6.09 Å². The van der Waals surface area contributed by atoms with Gasteiger partial charge in [0.15, 0.2) is 0 Å². The van der Waals surface area contributed by atoms with Gasteiger partial charge in [-0.1, -0.05) is 13.3 Å². The molecule has 0 bridgehead atoms. The van der Waals surface area contributed by atoms with Crippen molar-refractivity contribution in [2.24, 2.45) is 0 Å². The van der Waals surface area contributed by atoms with Gasteiger partial charge in [0, 0.05) is 13.1 Å². The summed E-state index contributed by atoms with van der Waals surface area (Å²) in [6.07, 6.45) is 3.04. The minimum atomic E-state index is -0.135. The van der Waals surface area contributed by atoms with Crippen LogP contribution in [0.1, 0.15) is 26.2 Å². The number of carbonyl (C=O) groups excluding carboxylic acids is 1. The van der Waals surface area contributed by atoms with Crippen LogP contribution >= 0.6 is 0 Å². The van der Waals surface area contributed by atoms with Gasteiger partial charge in [0.05, 0.1) is 6.61 Å². The van der Waals surface area contributed by atoms with Crippen molar-refractivity contribution in [1.82, 2.24) is 4.90 Å². The summed E-state index contributed by atoms with van der Waals surface area (Å²) in [7, 11) is 0. The molecule has 1 amide bonds. The molecule has 0 unspecified atom stereocenters. The first-order valence-electron chi connectivity index (χ1n) is 4.26. The Balaban J connectivity index is 2.01. The molecular weight excluding hydrogens is 142 g/mol. The molecule has 1 rings (SSSR count). The summed E-state index contributed by atoms with van der Waals surface area (Å²) in [5.41, 5.74) is 0. The molecule has 1 aliphatic heterocycles. The zero-order valence-electron chi connectivity index (χ0n) is 7.01. The number of hydrogen-bond donors (Lipinski definition) is 0. The van der Waals surface area contributed by atoms with E-state index in [0.717, 1.165) is 32.4 Å². The molecule has 64 valence electrons. The van der Waals surface area contributed by atoms with Crippen molar-refractivity contribution < 1.29 is 9.53 Å². The standard InChI is InChI=1S/C8H15NO2/c1-2-3-7-11-8(10)9-5-4-6-9/h2-7H2,1H3. The molecule has 0 aromatic carbocycles. The minimum Gasteiger partial charge on any atom is -0.449 e. The van der Waals surface area contributed by atoms with Gasteiger partial charge < -0.3 is 9.64 Å². The fourth-order valence-corrected chi connectivity index (χ4v) is 0.894. The van der Waals surface area contributed by atoms with Gasteiger partial charge in [0.1, 0.15) is 0 Å². The summed E-state index contributed by atoms with van der Waals surface area (Å²) in [6, 6.07) is 0. The van der Waals surface area contributed by atoms with Crippen LogP contribution in [0, 0.1) is 0 Å². The average Bonchev–Trinajstić information content (AvgIpc) is 1.84. The lowest BCUT2D eigenvalue weighted by Crippen LogP contribution is -2.42. The molecule has 0 atom stereocenters. The summed E-state index contributed by atoms with van der Waals surface area (Å²) >= 11 is 0. The van der Waals surface area contributed by atoms with Crippen LogP contribution in [0.3, 0.4) is 0 Å². The molecule has 0 N–H and O–H groups in total. The van der Waals surface area contributed by atoms with E-state index < -0.39 is 0 Å². The van der Waals surface area contributed by atoms with Gasteiger partial charge >= 0.3 is 6.09 Å². The molecule has 0 aromatic rings. The van der Waals surface area contributed by atoms with Gasteiger partial charge in [-0.05, 0) is 12.8 Å². The van der Waals surface area contributed by atoms with Crippen LogP contribution in [0.5, 0.6) is 0 Å². The first kappa shape index (κ1) is 8.37. The topological polar surface area (TPSA) is 29.5 Å². The highest BCUT2D eigenvalue weighted by Gasteiger charge is 2.20. The van der Waals surface area contributed by atoms with Gasteiger partial charge in [-0.3, -0.25) is 0 Å². The van der Waals surface area contributed by atoms with Gasteiger partial charge in [0.2, 0.25) is 0 Å². The largest absolute Gasteiger partial charge is 0.449 e. The molecule has 1 aliphatic rings. The predicted molar refractivity (Wildman–Crippen MR) is 42.4 cm³/mol. The van der Waals surface area contributed by atoms with Crippen LogP contribution in [0.4, 0.5) is 4.79 Å². The van der Waals surface area contributed by atoms with Crippen LogP contribution in [0.25, 0.3) is 0 Å². The van der Waals surface area contributed by atoms with Crippen molar-refractivity contribution in [3.8, 4) is 0 Å². The zero-order valence-corrected chi connectivity index (χ0v) is 7.01. The molecule has 0 spiro atoms. The molecule has 0 radical (unpaired) electrons. The Labute approximate surface area is 67.3 Å². The Hall–Kier alpha value is -0.730. The van der Waals surface area contributed by atoms with E-state index in [2.05, 4.69) is 6.92 Å². The highest BCUT2D eigenvalue weighted by atomic mass is 16.6. The number of likely N-dealkylation sites (tertiary alicyclic amines) is 1. The third-order valence-corrected chi connectivity index (χ3v) is 1.84. The van der Waals surface area contributed by atoms with Crippen molar-refractivity contribution in [2.75, 3.05) is 19.7 Å². The van der Waals surface area contributed by atoms with Crippen LogP contribution in [0.2, 0.25) is 0 Å². The maximum Gasteiger partial charge on any atom is 0.409 e. The molecule has 3 nitrogen and oxygen atoms in total. The van der Waals surface area contributed by atoms with Crippen LogP contribution in [-0.4, -0.2) is 30.7 Å². The van der Waals surface area contributed by atoms with E-state index in [1.54, 1.807) is 4.90 Å². The molecule has 0 aromatic heterocycles. The summed E-state index contributed by atoms with van der Waals surface area (Å²) in [4.78, 5) is 12.7. The molecule has 11 heavy (non-hydrogen) atoms. The van der Waals surface area contributed by atoms with Crippen molar-refractivity contribution in [2.45, 2.75) is 26.2 Å². The zero-order chi connectivity index (χ0) is 8.10. The van der Waals surface area contributed by atoms with Gasteiger partial charge in [0.25, 0.3) is 0 Å². The van der Waals surface area contributed by atoms with E-state index >= 15 is 0 Å². The maximum absolute atomic E-state index is 11.0. The van der Waals surface area contributed by atoms with Crippen LogP contribution in [-0.2, 0) is 4.74 Å². The Morgan fingerprint density at radius 2 is 2.27 bits per heavy atom. The second kappa shape index (κ2) is 4.21. The molecule has 1 heterocycles. The normalized spacial score (nSPS) is 15.9. The maximum atomic E-state index is 11.0. The van der Waals surface area contributed by atoms with E-state index in [1.807, 2.05) is 0 Å². The van der Waals surface area contributed by atoms with Crippen LogP contribution < -0.4 is 0 Å². The van der Waals surface area contributed by atoms with Gasteiger partial charge in [-0.25, -0.2) is 4.79 Å². The Kier molecular flexibility index (Phi) is 3.20. The van der Waals surface area contributed by atoms with E-state index in [4.69, 9.17) is 4.74 Å². The predicted octanol–water partition coefficient (Wildman–Crippen LogP) is 1.63. The average molecular weight is 157 g/mol. The number of hydrogen-bond acceptors (Lipinski definition) is 2. The lowest BCUT2D eigenvalue weighted by molar-refractivity contribution is 0.0799. The van der Waals surface area contributed by atoms with E-state index in [1.165, 1.54) is 0 Å². The highest BCUT2D eigenvalue weighted by Crippen LogP contribution is 2.07. The first-order chi connectivity index (χ1) is 5.34. The minimum absolute atomic E-state index is 0.135. The van der Waals surface area contributed by atoms with E-state index in [0.29, 0.717) is 6.61 Å². The van der Waals surface area contributed by atoms with Crippen molar-refractivity contribution in [1.29, 1.82) is 0 Å². The van der Waals surface area contributed by atoms with E-state index in [-0.39, 0.29) is 6.09 Å². The highest BCUT2D eigenvalue weighted by molar-refractivity contribution is 5.68. The lowest BCUT2D eigenvalue weighted by atomic mass is 10.2. The summed E-state index contributed by atoms with van der Waals surface area (Å²) in [5.74, 6) is 0. The SMILES string of the molecule is CCCCOC(=O)N1CCC1. The second-order valence-electron chi connectivity index (χ2n) is 2.81. The quantitative estimate of drug-likeness (QED) is 0.583. The number of nitrogens with zero attached hydrogens (tertiary/aromatic N) is 1. The third-order valence-electron chi connectivity index (χ3n) is 1.84. The van der Waals surface area contributed by atoms with Crippen molar-refractivity contribution in [3.63, 3.8) is 0 Å². The number of amides is 1. The number of unbranched alkanes of at least 4 members (excludes halogenated alkanes) is 1. The van der Waals surface area contributed by atoms with Gasteiger partial charge in [-0.15, -0.1) is 0 Å². The Morgan fingerprint density at radius 1 is 1.55 bits per heavy atom. The van der Waals surface area contributed by atoms with Crippen LogP contribution in [0.15, 0.2) is 0 Å². The fraction of sp³-hybridized carbons (Fsp3) is 0.875. The Morgan fingerprint density at radius 3 is 2.73 bits per heavy atom. The second-order valence-corrected chi connectivity index (χ2v) is 2.81. The van der Waals surface area contributed by atoms with Crippen molar-refractivity contribution in [3.05, 3.63) is 0 Å². The number of carbonyl (C=O) groups is 1. The van der Waals surface area contributed by atoms with E-state index in [9.17, 15) is 4.79 Å². The summed E-state index contributed by atoms with van der Waals surface area (Å²) in [5, 5.41) is 0.